The Labute approximate surface area is 176 Å². The Balaban J connectivity index is 1.44. The summed E-state index contributed by atoms with van der Waals surface area (Å²) < 4.78 is 6.81. The number of rotatable bonds is 7. The molecule has 0 aliphatic carbocycles. The van der Waals surface area contributed by atoms with Gasteiger partial charge in [0.05, 0.1) is 16.7 Å². The number of carbonyl (C=O) groups excluding carboxylic acids is 1. The van der Waals surface area contributed by atoms with Crippen LogP contribution in [0.1, 0.15) is 24.5 Å². The maximum atomic E-state index is 12.0. The maximum Gasteiger partial charge on any atom is 0.242 e. The van der Waals surface area contributed by atoms with Crippen molar-refractivity contribution in [3.63, 3.8) is 0 Å². The van der Waals surface area contributed by atoms with Crippen LogP contribution < -0.4 is 10.2 Å². The largest absolute Gasteiger partial charge is 0.489 e. The lowest BCUT2D eigenvalue weighted by molar-refractivity contribution is -0.121. The Kier molecular flexibility index (Phi) is 7.26. The standard InChI is InChI=1S/C20H21BrN2O2S2/c1-20(26-10-11-27-20)12-19(24)23-22-13-15-4-8-18(9-5-15)25-14-16-2-6-17(21)7-3-16/h2-9,13H,10-12,14H2,1H3,(H,23,24). The van der Waals surface area contributed by atoms with Gasteiger partial charge in [-0.3, -0.25) is 4.79 Å². The lowest BCUT2D eigenvalue weighted by Gasteiger charge is -2.19. The summed E-state index contributed by atoms with van der Waals surface area (Å²) in [5.41, 5.74) is 4.63. The monoisotopic (exact) mass is 464 g/mol. The van der Waals surface area contributed by atoms with Crippen LogP contribution in [-0.4, -0.2) is 27.7 Å². The van der Waals surface area contributed by atoms with Gasteiger partial charge in [-0.1, -0.05) is 28.1 Å². The predicted octanol–water partition coefficient (Wildman–Crippen LogP) is 5.06. The van der Waals surface area contributed by atoms with Crippen molar-refractivity contribution in [2.24, 2.45) is 5.10 Å². The van der Waals surface area contributed by atoms with Gasteiger partial charge in [-0.25, -0.2) is 5.43 Å². The van der Waals surface area contributed by atoms with Crippen LogP contribution in [0.2, 0.25) is 0 Å². The normalized spacial score (nSPS) is 15.8. The Hall–Kier alpha value is -1.44. The molecule has 1 aliphatic rings. The molecule has 1 N–H and O–H groups in total. The minimum absolute atomic E-state index is 0.0204. The van der Waals surface area contributed by atoms with E-state index in [0.29, 0.717) is 13.0 Å². The molecule has 3 rings (SSSR count). The molecule has 2 aromatic carbocycles. The number of hydrogen-bond donors (Lipinski definition) is 1. The van der Waals surface area contributed by atoms with Crippen LogP contribution in [0, 0.1) is 0 Å². The fourth-order valence-corrected chi connectivity index (χ4v) is 5.66. The number of amides is 1. The van der Waals surface area contributed by atoms with E-state index < -0.39 is 0 Å². The van der Waals surface area contributed by atoms with E-state index in [4.69, 9.17) is 4.74 Å². The molecule has 7 heteroatoms. The third kappa shape index (κ3) is 6.59. The first-order valence-electron chi connectivity index (χ1n) is 8.60. The fourth-order valence-electron chi connectivity index (χ4n) is 2.57. The summed E-state index contributed by atoms with van der Waals surface area (Å²) in [5.74, 6) is 2.95. The second-order valence-corrected chi connectivity index (χ2v) is 10.7. The van der Waals surface area contributed by atoms with Crippen molar-refractivity contribution < 1.29 is 9.53 Å². The van der Waals surface area contributed by atoms with Gasteiger partial charge in [0, 0.05) is 16.0 Å². The number of halogens is 1. The second-order valence-electron chi connectivity index (χ2n) is 6.28. The van der Waals surface area contributed by atoms with Crippen LogP contribution in [0.3, 0.4) is 0 Å². The molecule has 142 valence electrons. The zero-order valence-electron chi connectivity index (χ0n) is 15.0. The number of hydrazone groups is 1. The van der Waals surface area contributed by atoms with E-state index in [1.54, 1.807) is 6.21 Å². The predicted molar refractivity (Wildman–Crippen MR) is 119 cm³/mol. The highest BCUT2D eigenvalue weighted by molar-refractivity contribution is 9.10. The molecule has 0 spiro atoms. The Morgan fingerprint density at radius 1 is 1.19 bits per heavy atom. The molecule has 2 aromatic rings. The average molecular weight is 465 g/mol. The minimum atomic E-state index is -0.0508. The van der Waals surface area contributed by atoms with Crippen molar-refractivity contribution in [3.8, 4) is 5.75 Å². The van der Waals surface area contributed by atoms with Crippen LogP contribution in [0.5, 0.6) is 5.75 Å². The summed E-state index contributed by atoms with van der Waals surface area (Å²) in [5, 5.41) is 4.06. The molecule has 0 bridgehead atoms. The molecule has 1 amide bonds. The molecular formula is C20H21BrN2O2S2. The molecular weight excluding hydrogens is 444 g/mol. The molecule has 1 heterocycles. The van der Waals surface area contributed by atoms with Gasteiger partial charge in [-0.15, -0.1) is 23.5 Å². The Morgan fingerprint density at radius 2 is 1.85 bits per heavy atom. The molecule has 1 saturated heterocycles. The average Bonchev–Trinajstić information content (AvgIpc) is 3.08. The maximum absolute atomic E-state index is 12.0. The Bertz CT molecular complexity index is 789. The highest BCUT2D eigenvalue weighted by Crippen LogP contribution is 2.45. The number of thioether (sulfide) groups is 2. The van der Waals surface area contributed by atoms with Gasteiger partial charge in [0.2, 0.25) is 5.91 Å². The summed E-state index contributed by atoms with van der Waals surface area (Å²) in [7, 11) is 0. The first-order chi connectivity index (χ1) is 13.0. The SMILES string of the molecule is CC1(CC(=O)NN=Cc2ccc(OCc3ccc(Br)cc3)cc2)SCCS1. The summed E-state index contributed by atoms with van der Waals surface area (Å²) in [6, 6.07) is 15.7. The number of ether oxygens (including phenoxy) is 1. The second kappa shape index (κ2) is 9.66. The number of benzene rings is 2. The van der Waals surface area contributed by atoms with Crippen LogP contribution in [0.25, 0.3) is 0 Å². The minimum Gasteiger partial charge on any atom is -0.489 e. The van der Waals surface area contributed by atoms with Crippen LogP contribution in [0.15, 0.2) is 58.1 Å². The molecule has 0 aromatic heterocycles. The third-order valence-electron chi connectivity index (χ3n) is 3.98. The topological polar surface area (TPSA) is 50.7 Å². The van der Waals surface area contributed by atoms with Crippen molar-refractivity contribution >= 4 is 51.6 Å². The van der Waals surface area contributed by atoms with E-state index in [2.05, 4.69) is 33.4 Å². The third-order valence-corrected chi connectivity index (χ3v) is 7.80. The number of hydrogen-bond acceptors (Lipinski definition) is 5. The van der Waals surface area contributed by atoms with E-state index in [0.717, 1.165) is 32.9 Å². The molecule has 4 nitrogen and oxygen atoms in total. The number of nitrogens with zero attached hydrogens (tertiary/aromatic N) is 1. The zero-order valence-corrected chi connectivity index (χ0v) is 18.2. The summed E-state index contributed by atoms with van der Waals surface area (Å²) in [6.07, 6.45) is 2.12. The van der Waals surface area contributed by atoms with E-state index in [-0.39, 0.29) is 9.99 Å². The van der Waals surface area contributed by atoms with E-state index in [1.165, 1.54) is 0 Å². The van der Waals surface area contributed by atoms with Gasteiger partial charge in [-0.05, 0) is 54.4 Å². The van der Waals surface area contributed by atoms with Gasteiger partial charge in [0.15, 0.2) is 0 Å². The Morgan fingerprint density at radius 3 is 2.52 bits per heavy atom. The summed E-state index contributed by atoms with van der Waals surface area (Å²) >= 11 is 7.11. The highest BCUT2D eigenvalue weighted by Gasteiger charge is 2.32. The van der Waals surface area contributed by atoms with E-state index in [1.807, 2.05) is 72.1 Å². The van der Waals surface area contributed by atoms with E-state index >= 15 is 0 Å². The number of nitrogens with one attached hydrogen (secondary N) is 1. The van der Waals surface area contributed by atoms with Crippen LogP contribution in [0.4, 0.5) is 0 Å². The first kappa shape index (κ1) is 20.3. The highest BCUT2D eigenvalue weighted by atomic mass is 79.9. The van der Waals surface area contributed by atoms with Crippen molar-refractivity contribution in [1.29, 1.82) is 0 Å². The molecule has 0 unspecified atom stereocenters. The molecule has 1 aliphatic heterocycles. The van der Waals surface area contributed by atoms with Gasteiger partial charge in [0.25, 0.3) is 0 Å². The van der Waals surface area contributed by atoms with Gasteiger partial charge < -0.3 is 4.74 Å². The summed E-state index contributed by atoms with van der Waals surface area (Å²) in [4.78, 5) is 12.0. The van der Waals surface area contributed by atoms with Crippen molar-refractivity contribution in [3.05, 3.63) is 64.1 Å². The van der Waals surface area contributed by atoms with Crippen molar-refractivity contribution in [1.82, 2.24) is 5.43 Å². The van der Waals surface area contributed by atoms with E-state index in [9.17, 15) is 4.79 Å². The van der Waals surface area contributed by atoms with Crippen molar-refractivity contribution in [2.45, 2.75) is 24.0 Å². The molecule has 1 fully saturated rings. The molecule has 0 saturated carbocycles. The van der Waals surface area contributed by atoms with Crippen molar-refractivity contribution in [2.75, 3.05) is 11.5 Å². The summed E-state index contributed by atoms with van der Waals surface area (Å²) in [6.45, 7) is 2.64. The molecule has 27 heavy (non-hydrogen) atoms. The van der Waals surface area contributed by atoms with Gasteiger partial charge in [0.1, 0.15) is 12.4 Å². The molecule has 0 atom stereocenters. The van der Waals surface area contributed by atoms with Gasteiger partial charge in [-0.2, -0.15) is 5.10 Å². The quantitative estimate of drug-likeness (QED) is 0.459. The lowest BCUT2D eigenvalue weighted by Crippen LogP contribution is -2.26. The number of carbonyl (C=O) groups is 1. The van der Waals surface area contributed by atoms with Gasteiger partial charge >= 0.3 is 0 Å². The molecule has 0 radical (unpaired) electrons. The van der Waals surface area contributed by atoms with Crippen LogP contribution >= 0.6 is 39.5 Å². The lowest BCUT2D eigenvalue weighted by atomic mass is 10.2. The first-order valence-corrected chi connectivity index (χ1v) is 11.4. The zero-order chi connectivity index (χ0) is 19.1. The smallest absolute Gasteiger partial charge is 0.242 e. The van der Waals surface area contributed by atoms with Crippen LogP contribution in [-0.2, 0) is 11.4 Å². The fraction of sp³-hybridized carbons (Fsp3) is 0.300.